The van der Waals surface area contributed by atoms with Crippen LogP contribution < -0.4 is 5.32 Å². The minimum Gasteiger partial charge on any atom is -0.381 e. The molecule has 1 atom stereocenters. The van der Waals surface area contributed by atoms with Crippen molar-refractivity contribution in [2.45, 2.75) is 57.0 Å². The Balaban J connectivity index is 1.26. The van der Waals surface area contributed by atoms with Crippen LogP contribution in [0, 0.1) is 5.82 Å². The van der Waals surface area contributed by atoms with Gasteiger partial charge in [0.05, 0.1) is 35.9 Å². The number of halogens is 1. The predicted molar refractivity (Wildman–Crippen MR) is 154 cm³/mol. The molecule has 2 aromatic heterocycles. The van der Waals surface area contributed by atoms with E-state index < -0.39 is 33.5 Å². The monoisotopic (exact) mass is 609 g/mol. The molecule has 3 amide bonds. The number of carbonyl (C=O) groups is 3. The maximum atomic E-state index is 16.3. The van der Waals surface area contributed by atoms with Gasteiger partial charge in [0.15, 0.2) is 9.84 Å². The van der Waals surface area contributed by atoms with Crippen molar-refractivity contribution in [3.63, 3.8) is 0 Å². The quantitative estimate of drug-likeness (QED) is 0.421. The van der Waals surface area contributed by atoms with Crippen LogP contribution >= 0.6 is 0 Å². The molecule has 226 valence electrons. The molecule has 0 aliphatic carbocycles. The number of aromatic nitrogens is 2. The maximum absolute atomic E-state index is 16.3. The van der Waals surface area contributed by atoms with Crippen LogP contribution in [0.15, 0.2) is 30.5 Å². The Hall–Kier alpha value is -3.68. The maximum Gasteiger partial charge on any atom is 0.255 e. The number of sulfone groups is 1. The van der Waals surface area contributed by atoms with Crippen molar-refractivity contribution in [3.8, 4) is 11.3 Å². The first-order valence-electron chi connectivity index (χ1n) is 14.5. The number of imide groups is 1. The summed E-state index contributed by atoms with van der Waals surface area (Å²) in [6.07, 6.45) is 4.22. The van der Waals surface area contributed by atoms with Crippen molar-refractivity contribution in [3.05, 3.63) is 53.0 Å². The van der Waals surface area contributed by atoms with Gasteiger partial charge in [0.25, 0.3) is 5.91 Å². The number of carbonyl (C=O) groups excluding carboxylic acids is 3. The number of hydrogen-bond acceptors (Lipinski definition) is 8. The zero-order chi connectivity index (χ0) is 30.0. The normalized spacial score (nSPS) is 23.1. The number of nitrogens with one attached hydrogen (secondary N) is 1. The van der Waals surface area contributed by atoms with Crippen LogP contribution in [0.5, 0.6) is 0 Å². The van der Waals surface area contributed by atoms with Crippen molar-refractivity contribution < 1.29 is 31.9 Å². The highest BCUT2D eigenvalue weighted by atomic mass is 32.2. The zero-order valence-corrected chi connectivity index (χ0v) is 24.5. The first-order valence-corrected chi connectivity index (χ1v) is 16.4. The summed E-state index contributed by atoms with van der Waals surface area (Å²) < 4.78 is 47.6. The Morgan fingerprint density at radius 2 is 1.81 bits per heavy atom. The Kier molecular flexibility index (Phi) is 6.86. The van der Waals surface area contributed by atoms with Crippen LogP contribution in [0.4, 0.5) is 4.39 Å². The van der Waals surface area contributed by atoms with Crippen LogP contribution in [0.1, 0.15) is 53.2 Å². The van der Waals surface area contributed by atoms with E-state index in [0.717, 1.165) is 36.9 Å². The van der Waals surface area contributed by atoms with Crippen molar-refractivity contribution in [2.24, 2.45) is 0 Å². The molecule has 3 saturated heterocycles. The lowest BCUT2D eigenvalue weighted by Crippen LogP contribution is -2.52. The van der Waals surface area contributed by atoms with Crippen LogP contribution in [-0.2, 0) is 37.3 Å². The zero-order valence-electron chi connectivity index (χ0n) is 23.7. The Bertz CT molecular complexity index is 1770. The second-order valence-corrected chi connectivity index (χ2v) is 14.1. The molecule has 3 fully saturated rings. The Morgan fingerprint density at radius 3 is 2.51 bits per heavy atom. The number of rotatable bonds is 6. The van der Waals surface area contributed by atoms with Gasteiger partial charge < -0.3 is 14.2 Å². The van der Waals surface area contributed by atoms with Gasteiger partial charge in [0.1, 0.15) is 17.5 Å². The summed E-state index contributed by atoms with van der Waals surface area (Å²) in [7, 11) is -1.35. The molecular weight excluding hydrogens is 577 g/mol. The van der Waals surface area contributed by atoms with E-state index in [1.165, 1.54) is 4.90 Å². The predicted octanol–water partition coefficient (Wildman–Crippen LogP) is 2.18. The van der Waals surface area contributed by atoms with Gasteiger partial charge >= 0.3 is 0 Å². The molecule has 0 bridgehead atoms. The second kappa shape index (κ2) is 10.5. The summed E-state index contributed by atoms with van der Waals surface area (Å²) in [5, 5.41) is 3.16. The fraction of sp³-hybridized carbons (Fsp3) is 0.467. The number of methoxy groups -OCH3 is 1. The smallest absolute Gasteiger partial charge is 0.255 e. The third kappa shape index (κ3) is 4.92. The van der Waals surface area contributed by atoms with Crippen molar-refractivity contribution in [1.29, 1.82) is 0 Å². The highest BCUT2D eigenvalue weighted by Crippen LogP contribution is 2.37. The molecule has 7 rings (SSSR count). The van der Waals surface area contributed by atoms with E-state index in [0.29, 0.717) is 17.9 Å². The second-order valence-electron chi connectivity index (χ2n) is 11.9. The molecule has 0 saturated carbocycles. The standard InChI is InChI=1S/C30H32FN5O6S/c1-42-19-6-9-34(10-7-19)13-17-12-24(32-28-20(17)8-11-35(28)18-15-43(40,41)16-18)22-3-2-21-23(27(22)31)14-36(30(21)39)25-4-5-26(37)33-29(25)38/h2-3,8,11-12,18-19,25H,4-7,9-10,13-16H2,1H3,(H,33,37,38). The minimum atomic E-state index is -3.08. The molecule has 4 aliphatic heterocycles. The first-order chi connectivity index (χ1) is 20.6. The summed E-state index contributed by atoms with van der Waals surface area (Å²) in [5.74, 6) is -1.89. The lowest BCUT2D eigenvalue weighted by Gasteiger charge is -2.31. The summed E-state index contributed by atoms with van der Waals surface area (Å²) in [5.41, 5.74) is 2.56. The molecule has 1 aromatic carbocycles. The number of likely N-dealkylation sites (tertiary alicyclic amines) is 1. The molecule has 6 heterocycles. The van der Waals surface area contributed by atoms with E-state index in [2.05, 4.69) is 10.2 Å². The topological polar surface area (TPSA) is 131 Å². The first kappa shape index (κ1) is 28.1. The number of fused-ring (bicyclic) bond motifs is 2. The van der Waals surface area contributed by atoms with Crippen molar-refractivity contribution in [1.82, 2.24) is 24.7 Å². The SMILES string of the molecule is COC1CCN(Cc2cc(-c3ccc4c(c3F)CN(C3CCC(=O)NC3=O)C4=O)nc3c2ccn3C2CS(=O)(=O)C2)CC1. The average Bonchev–Trinajstić information content (AvgIpc) is 3.54. The van der Waals surface area contributed by atoms with Crippen LogP contribution in [0.2, 0.25) is 0 Å². The molecule has 13 heteroatoms. The number of hydrogen-bond donors (Lipinski definition) is 1. The molecule has 1 N–H and O–H groups in total. The Morgan fingerprint density at radius 1 is 1.07 bits per heavy atom. The van der Waals surface area contributed by atoms with E-state index in [-0.39, 0.29) is 65.6 Å². The van der Waals surface area contributed by atoms with E-state index in [9.17, 15) is 22.8 Å². The third-order valence-corrected chi connectivity index (χ3v) is 11.0. The van der Waals surface area contributed by atoms with Gasteiger partial charge in [0.2, 0.25) is 11.8 Å². The highest BCUT2D eigenvalue weighted by molar-refractivity contribution is 7.92. The number of nitrogens with zero attached hydrogens (tertiary/aromatic N) is 4. The number of piperidine rings is 2. The van der Waals surface area contributed by atoms with E-state index in [1.54, 1.807) is 19.2 Å². The third-order valence-electron chi connectivity index (χ3n) is 9.24. The molecule has 4 aliphatic rings. The largest absolute Gasteiger partial charge is 0.381 e. The molecular formula is C30H32FN5O6S. The van der Waals surface area contributed by atoms with E-state index >= 15 is 4.39 Å². The van der Waals surface area contributed by atoms with Gasteiger partial charge in [-0.2, -0.15) is 0 Å². The van der Waals surface area contributed by atoms with Gasteiger partial charge in [-0.15, -0.1) is 0 Å². The fourth-order valence-electron chi connectivity index (χ4n) is 6.80. The molecule has 11 nitrogen and oxygen atoms in total. The minimum absolute atomic E-state index is 0.0358. The van der Waals surface area contributed by atoms with Gasteiger partial charge in [-0.3, -0.25) is 24.6 Å². The number of ether oxygens (including phenoxy) is 1. The molecule has 43 heavy (non-hydrogen) atoms. The molecule has 3 aromatic rings. The number of amides is 3. The summed E-state index contributed by atoms with van der Waals surface area (Å²) >= 11 is 0. The van der Waals surface area contributed by atoms with Gasteiger partial charge in [-0.1, -0.05) is 0 Å². The van der Waals surface area contributed by atoms with Gasteiger partial charge in [-0.05, 0) is 49.1 Å². The van der Waals surface area contributed by atoms with Crippen LogP contribution in [-0.4, -0.2) is 89.3 Å². The number of pyridine rings is 1. The van der Waals surface area contributed by atoms with Crippen LogP contribution in [0.25, 0.3) is 22.3 Å². The lowest BCUT2D eigenvalue weighted by molar-refractivity contribution is -0.136. The average molecular weight is 610 g/mol. The van der Waals surface area contributed by atoms with Gasteiger partial charge in [-0.25, -0.2) is 17.8 Å². The molecule has 0 spiro atoms. The summed E-state index contributed by atoms with van der Waals surface area (Å²) in [4.78, 5) is 45.8. The summed E-state index contributed by atoms with van der Waals surface area (Å²) in [6, 6.07) is 5.87. The lowest BCUT2D eigenvalue weighted by atomic mass is 10.00. The summed E-state index contributed by atoms with van der Waals surface area (Å²) in [6.45, 7) is 2.24. The van der Waals surface area contributed by atoms with Crippen LogP contribution in [0.3, 0.4) is 0 Å². The van der Waals surface area contributed by atoms with Crippen molar-refractivity contribution >= 4 is 38.6 Å². The van der Waals surface area contributed by atoms with Crippen molar-refractivity contribution in [2.75, 3.05) is 31.7 Å². The van der Waals surface area contributed by atoms with E-state index in [4.69, 9.17) is 9.72 Å². The molecule has 1 unspecified atom stereocenters. The molecule has 0 radical (unpaired) electrons. The Labute approximate surface area is 247 Å². The fourth-order valence-corrected chi connectivity index (χ4v) is 8.20. The van der Waals surface area contributed by atoms with E-state index in [1.807, 2.05) is 22.9 Å². The van der Waals surface area contributed by atoms with Gasteiger partial charge in [0, 0.05) is 61.4 Å². The number of benzene rings is 1. The highest BCUT2D eigenvalue weighted by Gasteiger charge is 2.41.